The molecule has 2 N–H and O–H groups in total. The van der Waals surface area contributed by atoms with Gasteiger partial charge < -0.3 is 10.6 Å². The highest BCUT2D eigenvalue weighted by molar-refractivity contribution is 6.01. The first-order valence-electron chi connectivity index (χ1n) is 8.28. The SMILES string of the molecule is Cc1ccc(NC(=O)N(c2ccccc2)n2ncc3c2N=CNC3)cc1. The molecule has 0 radical (unpaired) electrons. The Hall–Kier alpha value is -3.61. The monoisotopic (exact) mass is 346 g/mol. The lowest BCUT2D eigenvalue weighted by atomic mass is 10.2. The molecule has 1 aliphatic heterocycles. The van der Waals surface area contributed by atoms with E-state index in [1.165, 1.54) is 9.80 Å². The van der Waals surface area contributed by atoms with Crippen molar-refractivity contribution in [1.82, 2.24) is 15.2 Å². The van der Waals surface area contributed by atoms with Gasteiger partial charge in [-0.05, 0) is 31.2 Å². The van der Waals surface area contributed by atoms with Crippen LogP contribution in [0.5, 0.6) is 0 Å². The van der Waals surface area contributed by atoms with Crippen LogP contribution >= 0.6 is 0 Å². The number of fused-ring (bicyclic) bond motifs is 1. The van der Waals surface area contributed by atoms with E-state index in [1.807, 2.05) is 61.5 Å². The first kappa shape index (κ1) is 15.9. The van der Waals surface area contributed by atoms with Gasteiger partial charge in [-0.15, -0.1) is 4.79 Å². The molecule has 2 amide bonds. The van der Waals surface area contributed by atoms with E-state index in [9.17, 15) is 4.79 Å². The van der Waals surface area contributed by atoms with Crippen LogP contribution in [-0.2, 0) is 6.54 Å². The number of carbonyl (C=O) groups is 1. The van der Waals surface area contributed by atoms with Crippen molar-refractivity contribution < 1.29 is 4.79 Å². The second-order valence-electron chi connectivity index (χ2n) is 5.97. The fourth-order valence-electron chi connectivity index (χ4n) is 2.73. The number of nitrogens with zero attached hydrogens (tertiary/aromatic N) is 4. The Morgan fingerprint density at radius 2 is 1.92 bits per heavy atom. The molecule has 0 atom stereocenters. The van der Waals surface area contributed by atoms with Crippen molar-refractivity contribution in [2.75, 3.05) is 10.3 Å². The zero-order valence-electron chi connectivity index (χ0n) is 14.3. The van der Waals surface area contributed by atoms with Crippen molar-refractivity contribution in [3.05, 3.63) is 71.9 Å². The standard InChI is InChI=1S/C19H18N6O/c1-14-7-9-16(10-8-14)23-19(26)24(17-5-3-2-4-6-17)25-18-15(12-22-25)11-20-13-21-18/h2-10,12-13H,11H2,1H3,(H,20,21)(H,23,26). The Bertz CT molecular complexity index is 946. The molecule has 0 fully saturated rings. The Labute approximate surface area is 150 Å². The number of hydrogen-bond donors (Lipinski definition) is 2. The van der Waals surface area contributed by atoms with Crippen LogP contribution in [0.4, 0.5) is 22.0 Å². The molecule has 7 nitrogen and oxygen atoms in total. The van der Waals surface area contributed by atoms with E-state index in [0.717, 1.165) is 11.1 Å². The molecule has 1 aliphatic rings. The van der Waals surface area contributed by atoms with Gasteiger partial charge in [-0.25, -0.2) is 9.79 Å². The number of para-hydroxylation sites is 1. The molecule has 26 heavy (non-hydrogen) atoms. The highest BCUT2D eigenvalue weighted by Crippen LogP contribution is 2.25. The molecule has 130 valence electrons. The van der Waals surface area contributed by atoms with Gasteiger partial charge in [-0.3, -0.25) is 0 Å². The average molecular weight is 346 g/mol. The van der Waals surface area contributed by atoms with E-state index >= 15 is 0 Å². The molecule has 0 unspecified atom stereocenters. The highest BCUT2D eigenvalue weighted by Gasteiger charge is 2.24. The molecular weight excluding hydrogens is 328 g/mol. The number of aliphatic imine (C=N–C) groups is 1. The summed E-state index contributed by atoms with van der Waals surface area (Å²) in [6.07, 6.45) is 3.33. The summed E-state index contributed by atoms with van der Waals surface area (Å²) < 4.78 is 0. The van der Waals surface area contributed by atoms with Crippen LogP contribution in [0.2, 0.25) is 0 Å². The summed E-state index contributed by atoms with van der Waals surface area (Å²) in [5.41, 5.74) is 3.46. The third-order valence-electron chi connectivity index (χ3n) is 4.06. The van der Waals surface area contributed by atoms with Crippen molar-refractivity contribution in [2.24, 2.45) is 4.99 Å². The van der Waals surface area contributed by atoms with Gasteiger partial charge in [0, 0.05) is 17.8 Å². The molecule has 2 aromatic carbocycles. The maximum atomic E-state index is 13.1. The number of aromatic nitrogens is 2. The van der Waals surface area contributed by atoms with Crippen LogP contribution in [0.25, 0.3) is 0 Å². The average Bonchev–Trinajstić information content (AvgIpc) is 3.09. The molecule has 0 spiro atoms. The minimum absolute atomic E-state index is 0.320. The molecule has 2 heterocycles. The van der Waals surface area contributed by atoms with E-state index < -0.39 is 0 Å². The largest absolute Gasteiger partial charge is 0.372 e. The van der Waals surface area contributed by atoms with Crippen molar-refractivity contribution in [3.63, 3.8) is 0 Å². The van der Waals surface area contributed by atoms with Crippen molar-refractivity contribution in [3.8, 4) is 0 Å². The smallest absolute Gasteiger partial charge is 0.347 e. The molecule has 4 rings (SSSR count). The topological polar surface area (TPSA) is 74.5 Å². The van der Waals surface area contributed by atoms with E-state index in [1.54, 1.807) is 12.5 Å². The summed E-state index contributed by atoms with van der Waals surface area (Å²) in [6, 6.07) is 16.7. The Kier molecular flexibility index (Phi) is 4.10. The van der Waals surface area contributed by atoms with E-state index in [2.05, 4.69) is 20.7 Å². The second-order valence-corrected chi connectivity index (χ2v) is 5.97. The van der Waals surface area contributed by atoms with E-state index in [-0.39, 0.29) is 6.03 Å². The number of urea groups is 1. The van der Waals surface area contributed by atoms with Gasteiger partial charge in [-0.2, -0.15) is 10.1 Å². The molecule has 1 aromatic heterocycles. The fraction of sp³-hybridized carbons (Fsp3) is 0.105. The number of amides is 2. The van der Waals surface area contributed by atoms with Crippen LogP contribution in [0, 0.1) is 6.92 Å². The van der Waals surface area contributed by atoms with Crippen LogP contribution in [-0.4, -0.2) is 22.3 Å². The van der Waals surface area contributed by atoms with Gasteiger partial charge in [0.25, 0.3) is 0 Å². The molecule has 7 heteroatoms. The van der Waals surface area contributed by atoms with E-state index in [0.29, 0.717) is 23.7 Å². The Balaban J connectivity index is 1.72. The Morgan fingerprint density at radius 3 is 2.69 bits per heavy atom. The number of nitrogens with one attached hydrogen (secondary N) is 2. The lowest BCUT2D eigenvalue weighted by molar-refractivity contribution is 0.254. The van der Waals surface area contributed by atoms with Crippen LogP contribution in [0.3, 0.4) is 0 Å². The third-order valence-corrected chi connectivity index (χ3v) is 4.06. The van der Waals surface area contributed by atoms with Gasteiger partial charge in [0.2, 0.25) is 0 Å². The van der Waals surface area contributed by atoms with Gasteiger partial charge in [-0.1, -0.05) is 35.9 Å². The zero-order chi connectivity index (χ0) is 17.9. The molecule has 0 bridgehead atoms. The number of anilines is 2. The molecule has 0 aliphatic carbocycles. The van der Waals surface area contributed by atoms with Gasteiger partial charge in [0.1, 0.15) is 0 Å². The predicted octanol–water partition coefficient (Wildman–Crippen LogP) is 3.46. The molecule has 3 aromatic rings. The number of carbonyl (C=O) groups excluding carboxylic acids is 1. The summed E-state index contributed by atoms with van der Waals surface area (Å²) >= 11 is 0. The minimum Gasteiger partial charge on any atom is -0.372 e. The number of aryl methyl sites for hydroxylation is 1. The van der Waals surface area contributed by atoms with Crippen LogP contribution in [0.1, 0.15) is 11.1 Å². The zero-order valence-corrected chi connectivity index (χ0v) is 14.3. The predicted molar refractivity (Wildman–Crippen MR) is 102 cm³/mol. The van der Waals surface area contributed by atoms with E-state index in [4.69, 9.17) is 0 Å². The van der Waals surface area contributed by atoms with Gasteiger partial charge >= 0.3 is 6.03 Å². The highest BCUT2D eigenvalue weighted by atomic mass is 16.2. The Morgan fingerprint density at radius 1 is 1.15 bits per heavy atom. The van der Waals surface area contributed by atoms with Crippen LogP contribution < -0.4 is 15.6 Å². The normalized spacial score (nSPS) is 12.2. The summed E-state index contributed by atoms with van der Waals surface area (Å²) in [4.78, 5) is 18.9. The van der Waals surface area contributed by atoms with Crippen molar-refractivity contribution >= 4 is 29.6 Å². The maximum absolute atomic E-state index is 13.1. The summed E-state index contributed by atoms with van der Waals surface area (Å²) in [6.45, 7) is 2.63. The minimum atomic E-state index is -0.320. The summed E-state index contributed by atoms with van der Waals surface area (Å²) in [5, 5.41) is 11.8. The maximum Gasteiger partial charge on any atom is 0.347 e. The molecule has 0 saturated heterocycles. The third kappa shape index (κ3) is 3.02. The van der Waals surface area contributed by atoms with Crippen LogP contribution in [0.15, 0.2) is 65.8 Å². The lowest BCUT2D eigenvalue weighted by Crippen LogP contribution is -2.40. The van der Waals surface area contributed by atoms with Gasteiger partial charge in [0.05, 0.1) is 18.2 Å². The lowest BCUT2D eigenvalue weighted by Gasteiger charge is -2.24. The van der Waals surface area contributed by atoms with Gasteiger partial charge in [0.15, 0.2) is 5.82 Å². The second kappa shape index (κ2) is 6.72. The molecular formula is C19H18N6O. The first-order valence-corrected chi connectivity index (χ1v) is 8.28. The fourth-order valence-corrected chi connectivity index (χ4v) is 2.73. The number of hydrogen-bond acceptors (Lipinski definition) is 4. The summed E-state index contributed by atoms with van der Waals surface area (Å²) in [7, 11) is 0. The van der Waals surface area contributed by atoms with Crippen molar-refractivity contribution in [2.45, 2.75) is 13.5 Å². The first-order chi connectivity index (χ1) is 12.7. The number of benzene rings is 2. The molecule has 0 saturated carbocycles. The quantitative estimate of drug-likeness (QED) is 0.763. The summed E-state index contributed by atoms with van der Waals surface area (Å²) in [5.74, 6) is 0.631. The number of rotatable bonds is 3. The van der Waals surface area contributed by atoms with Crippen molar-refractivity contribution in [1.29, 1.82) is 0 Å².